The molecule has 0 aromatic heterocycles. The Morgan fingerprint density at radius 3 is 2.72 bits per heavy atom. The topological polar surface area (TPSA) is 50.4 Å². The van der Waals surface area contributed by atoms with Crippen molar-refractivity contribution in [3.63, 3.8) is 0 Å². The van der Waals surface area contributed by atoms with E-state index in [4.69, 9.17) is 4.74 Å². The maximum Gasteiger partial charge on any atom is 0.257 e. The lowest BCUT2D eigenvalue weighted by Crippen LogP contribution is -2.31. The SMILES string of the molecule is CNCc1ccccc1OCC(=O)NCC(C)C. The lowest BCUT2D eigenvalue weighted by atomic mass is 10.2. The molecule has 0 aliphatic heterocycles. The smallest absolute Gasteiger partial charge is 0.257 e. The van der Waals surface area contributed by atoms with Crippen molar-refractivity contribution in [2.75, 3.05) is 20.2 Å². The number of carbonyl (C=O) groups excluding carboxylic acids is 1. The van der Waals surface area contributed by atoms with Crippen molar-refractivity contribution in [3.05, 3.63) is 29.8 Å². The predicted molar refractivity (Wildman–Crippen MR) is 72.5 cm³/mol. The van der Waals surface area contributed by atoms with E-state index in [0.717, 1.165) is 17.9 Å². The van der Waals surface area contributed by atoms with Crippen LogP contribution in [0.15, 0.2) is 24.3 Å². The fourth-order valence-corrected chi connectivity index (χ4v) is 1.49. The molecular formula is C14H22N2O2. The number of ether oxygens (including phenoxy) is 1. The Morgan fingerprint density at radius 2 is 2.06 bits per heavy atom. The van der Waals surface area contributed by atoms with E-state index in [1.165, 1.54) is 0 Å². The third-order valence-electron chi connectivity index (χ3n) is 2.41. The van der Waals surface area contributed by atoms with Crippen molar-refractivity contribution >= 4 is 5.91 Å². The molecule has 1 rings (SSSR count). The summed E-state index contributed by atoms with van der Waals surface area (Å²) in [6.45, 7) is 5.59. The van der Waals surface area contributed by atoms with E-state index in [-0.39, 0.29) is 12.5 Å². The minimum Gasteiger partial charge on any atom is -0.483 e. The molecule has 0 saturated carbocycles. The Bertz CT molecular complexity index is 378. The predicted octanol–water partition coefficient (Wildman–Crippen LogP) is 1.56. The van der Waals surface area contributed by atoms with Gasteiger partial charge in [0.2, 0.25) is 0 Å². The summed E-state index contributed by atoms with van der Waals surface area (Å²) in [5.74, 6) is 1.13. The van der Waals surface area contributed by atoms with Gasteiger partial charge < -0.3 is 15.4 Å². The summed E-state index contributed by atoms with van der Waals surface area (Å²) in [4.78, 5) is 11.5. The maximum atomic E-state index is 11.5. The average Bonchev–Trinajstić information content (AvgIpc) is 2.35. The molecule has 4 heteroatoms. The van der Waals surface area contributed by atoms with Gasteiger partial charge in [-0.25, -0.2) is 0 Å². The molecule has 4 nitrogen and oxygen atoms in total. The van der Waals surface area contributed by atoms with Crippen LogP contribution >= 0.6 is 0 Å². The molecule has 1 amide bonds. The lowest BCUT2D eigenvalue weighted by Gasteiger charge is -2.12. The third-order valence-corrected chi connectivity index (χ3v) is 2.41. The molecule has 100 valence electrons. The van der Waals surface area contributed by atoms with Crippen LogP contribution in [-0.2, 0) is 11.3 Å². The van der Waals surface area contributed by atoms with Gasteiger partial charge in [0, 0.05) is 18.7 Å². The normalized spacial score (nSPS) is 10.4. The van der Waals surface area contributed by atoms with Gasteiger partial charge in [0.1, 0.15) is 5.75 Å². The van der Waals surface area contributed by atoms with Crippen LogP contribution in [0.5, 0.6) is 5.75 Å². The van der Waals surface area contributed by atoms with Crippen LogP contribution in [0.2, 0.25) is 0 Å². The van der Waals surface area contributed by atoms with Gasteiger partial charge in [0.15, 0.2) is 6.61 Å². The molecule has 1 aromatic rings. The third kappa shape index (κ3) is 5.19. The maximum absolute atomic E-state index is 11.5. The fraction of sp³-hybridized carbons (Fsp3) is 0.500. The van der Waals surface area contributed by atoms with E-state index in [1.807, 2.05) is 31.3 Å². The molecule has 1 aromatic carbocycles. The molecule has 0 bridgehead atoms. The van der Waals surface area contributed by atoms with E-state index in [1.54, 1.807) is 0 Å². The highest BCUT2D eigenvalue weighted by Crippen LogP contribution is 2.17. The van der Waals surface area contributed by atoms with Gasteiger partial charge in [-0.05, 0) is 19.0 Å². The Balaban J connectivity index is 2.45. The minimum atomic E-state index is -0.0806. The molecule has 2 N–H and O–H groups in total. The number of amides is 1. The summed E-state index contributed by atoms with van der Waals surface area (Å²) in [6, 6.07) is 7.72. The van der Waals surface area contributed by atoms with Crippen molar-refractivity contribution in [2.24, 2.45) is 5.92 Å². The van der Waals surface area contributed by atoms with Gasteiger partial charge in [-0.15, -0.1) is 0 Å². The van der Waals surface area contributed by atoms with Crippen LogP contribution in [0.25, 0.3) is 0 Å². The molecule has 0 spiro atoms. The van der Waals surface area contributed by atoms with Crippen LogP contribution in [0.1, 0.15) is 19.4 Å². The first-order chi connectivity index (χ1) is 8.63. The first-order valence-corrected chi connectivity index (χ1v) is 6.25. The Hall–Kier alpha value is -1.55. The van der Waals surface area contributed by atoms with Gasteiger partial charge in [-0.3, -0.25) is 4.79 Å². The van der Waals surface area contributed by atoms with Gasteiger partial charge in [-0.2, -0.15) is 0 Å². The molecule has 18 heavy (non-hydrogen) atoms. The van der Waals surface area contributed by atoms with Crippen LogP contribution in [-0.4, -0.2) is 26.1 Å². The number of rotatable bonds is 7. The summed E-state index contributed by atoms with van der Waals surface area (Å²) in [5, 5.41) is 5.90. The average molecular weight is 250 g/mol. The van der Waals surface area contributed by atoms with Crippen LogP contribution < -0.4 is 15.4 Å². The van der Waals surface area contributed by atoms with Crippen molar-refractivity contribution in [2.45, 2.75) is 20.4 Å². The second-order valence-electron chi connectivity index (χ2n) is 4.62. The number of hydrogen-bond acceptors (Lipinski definition) is 3. The van der Waals surface area contributed by atoms with E-state index in [2.05, 4.69) is 24.5 Å². The van der Waals surface area contributed by atoms with E-state index in [0.29, 0.717) is 12.5 Å². The quantitative estimate of drug-likeness (QED) is 0.772. The summed E-state index contributed by atoms with van der Waals surface area (Å²) in [6.07, 6.45) is 0. The minimum absolute atomic E-state index is 0.0629. The lowest BCUT2D eigenvalue weighted by molar-refractivity contribution is -0.123. The van der Waals surface area contributed by atoms with Crippen LogP contribution in [0.4, 0.5) is 0 Å². The zero-order valence-corrected chi connectivity index (χ0v) is 11.3. The number of benzene rings is 1. The van der Waals surface area contributed by atoms with Crippen LogP contribution in [0.3, 0.4) is 0 Å². The van der Waals surface area contributed by atoms with E-state index < -0.39 is 0 Å². The number of carbonyl (C=O) groups is 1. The van der Waals surface area contributed by atoms with Crippen molar-refractivity contribution in [1.29, 1.82) is 0 Å². The highest BCUT2D eigenvalue weighted by Gasteiger charge is 2.06. The van der Waals surface area contributed by atoms with E-state index in [9.17, 15) is 4.79 Å². The van der Waals surface area contributed by atoms with Crippen LogP contribution in [0, 0.1) is 5.92 Å². The molecule has 0 aliphatic carbocycles. The Morgan fingerprint density at radius 1 is 1.33 bits per heavy atom. The number of para-hydroxylation sites is 1. The largest absolute Gasteiger partial charge is 0.483 e. The molecule has 0 radical (unpaired) electrons. The molecule has 0 fully saturated rings. The molecule has 0 unspecified atom stereocenters. The molecule has 0 atom stereocenters. The first kappa shape index (κ1) is 14.5. The fourth-order valence-electron chi connectivity index (χ4n) is 1.49. The van der Waals surface area contributed by atoms with Gasteiger partial charge >= 0.3 is 0 Å². The number of nitrogens with one attached hydrogen (secondary N) is 2. The summed E-state index contributed by atoms with van der Waals surface area (Å²) >= 11 is 0. The first-order valence-electron chi connectivity index (χ1n) is 6.25. The van der Waals surface area contributed by atoms with Gasteiger partial charge in [0.05, 0.1) is 0 Å². The molecule has 0 heterocycles. The monoisotopic (exact) mass is 250 g/mol. The summed E-state index contributed by atoms with van der Waals surface area (Å²) in [7, 11) is 1.88. The van der Waals surface area contributed by atoms with E-state index >= 15 is 0 Å². The zero-order chi connectivity index (χ0) is 13.4. The number of hydrogen-bond donors (Lipinski definition) is 2. The Labute approximate surface area is 109 Å². The molecular weight excluding hydrogens is 228 g/mol. The summed E-state index contributed by atoms with van der Waals surface area (Å²) in [5.41, 5.74) is 1.05. The second-order valence-corrected chi connectivity index (χ2v) is 4.62. The Kier molecular flexibility index (Phi) is 6.22. The van der Waals surface area contributed by atoms with Crippen molar-refractivity contribution in [1.82, 2.24) is 10.6 Å². The standard InChI is InChI=1S/C14H22N2O2/c1-11(2)8-16-14(17)10-18-13-7-5-4-6-12(13)9-15-3/h4-7,11,15H,8-10H2,1-3H3,(H,16,17). The van der Waals surface area contributed by atoms with Gasteiger partial charge in [-0.1, -0.05) is 32.0 Å². The zero-order valence-electron chi connectivity index (χ0n) is 11.3. The molecule has 0 aliphatic rings. The van der Waals surface area contributed by atoms with Crippen molar-refractivity contribution in [3.8, 4) is 5.75 Å². The van der Waals surface area contributed by atoms with Gasteiger partial charge in [0.25, 0.3) is 5.91 Å². The second kappa shape index (κ2) is 7.71. The van der Waals surface area contributed by atoms with Crippen molar-refractivity contribution < 1.29 is 9.53 Å². The molecule has 0 saturated heterocycles. The summed E-state index contributed by atoms with van der Waals surface area (Å²) < 4.78 is 5.53. The highest BCUT2D eigenvalue weighted by molar-refractivity contribution is 5.77. The highest BCUT2D eigenvalue weighted by atomic mass is 16.5.